The average molecular weight is 464 g/mol. The third-order valence-corrected chi connectivity index (χ3v) is 5.52. The molecule has 0 spiro atoms. The highest BCUT2D eigenvalue weighted by Crippen LogP contribution is 2.31. The molecule has 0 fully saturated rings. The zero-order valence-corrected chi connectivity index (χ0v) is 18.2. The molecule has 1 heterocycles. The fourth-order valence-electron chi connectivity index (χ4n) is 2.98. The zero-order valence-electron chi connectivity index (χ0n) is 17.3. The standard InChI is InChI=1S/C23H17FN4O4S/c1-2-32-19-9-6-15(7-10-19)14-25-27(22(29)16-4-3-5-18(12-16)28(30)31)23-26-20-11-8-17(24)13-21(20)33-23/h3-14H,2H2,1H3/b25-14+. The van der Waals surface area contributed by atoms with E-state index in [4.69, 9.17) is 4.74 Å². The van der Waals surface area contributed by atoms with Crippen molar-refractivity contribution >= 4 is 44.5 Å². The number of rotatable bonds is 7. The number of carbonyl (C=O) groups is 1. The van der Waals surface area contributed by atoms with Crippen LogP contribution in [0.15, 0.2) is 71.8 Å². The van der Waals surface area contributed by atoms with Gasteiger partial charge in [-0.1, -0.05) is 17.4 Å². The molecule has 0 bridgehead atoms. The van der Waals surface area contributed by atoms with Gasteiger partial charge in [0.25, 0.3) is 11.6 Å². The van der Waals surface area contributed by atoms with E-state index >= 15 is 0 Å². The maximum Gasteiger partial charge on any atom is 0.281 e. The quantitative estimate of drug-likeness (QED) is 0.207. The minimum atomic E-state index is -0.611. The summed E-state index contributed by atoms with van der Waals surface area (Å²) >= 11 is 1.08. The Morgan fingerprint density at radius 3 is 2.73 bits per heavy atom. The first kappa shape index (κ1) is 22.0. The number of fused-ring (bicyclic) bond motifs is 1. The molecule has 0 aliphatic rings. The minimum Gasteiger partial charge on any atom is -0.494 e. The van der Waals surface area contributed by atoms with E-state index in [0.717, 1.165) is 16.3 Å². The molecule has 0 saturated carbocycles. The molecule has 0 aliphatic carbocycles. The monoisotopic (exact) mass is 464 g/mol. The molecule has 33 heavy (non-hydrogen) atoms. The number of benzene rings is 3. The second-order valence-corrected chi connectivity index (χ2v) is 7.79. The van der Waals surface area contributed by atoms with E-state index in [1.165, 1.54) is 48.7 Å². The lowest BCUT2D eigenvalue weighted by molar-refractivity contribution is -0.384. The summed E-state index contributed by atoms with van der Waals surface area (Å²) in [5.41, 5.74) is 1.05. The van der Waals surface area contributed by atoms with Crippen LogP contribution >= 0.6 is 11.3 Å². The van der Waals surface area contributed by atoms with E-state index < -0.39 is 16.6 Å². The number of amides is 1. The van der Waals surface area contributed by atoms with Crippen molar-refractivity contribution in [3.8, 4) is 5.75 Å². The maximum atomic E-state index is 13.6. The molecule has 1 aromatic heterocycles. The highest BCUT2D eigenvalue weighted by atomic mass is 32.1. The van der Waals surface area contributed by atoms with Crippen molar-refractivity contribution in [2.45, 2.75) is 6.92 Å². The Morgan fingerprint density at radius 2 is 2.00 bits per heavy atom. The third-order valence-electron chi connectivity index (χ3n) is 4.53. The lowest BCUT2D eigenvalue weighted by Gasteiger charge is -2.13. The van der Waals surface area contributed by atoms with Gasteiger partial charge in [-0.3, -0.25) is 14.9 Å². The number of nitrogens with zero attached hydrogens (tertiary/aromatic N) is 4. The second kappa shape index (κ2) is 9.53. The van der Waals surface area contributed by atoms with E-state index in [0.29, 0.717) is 28.1 Å². The SMILES string of the molecule is CCOc1ccc(/C=N/N(C(=O)c2cccc([N+](=O)[O-])c2)c2nc3ccc(F)cc3s2)cc1. The smallest absolute Gasteiger partial charge is 0.281 e. The van der Waals surface area contributed by atoms with Crippen LogP contribution in [0.3, 0.4) is 0 Å². The topological polar surface area (TPSA) is 97.9 Å². The second-order valence-electron chi connectivity index (χ2n) is 6.78. The molecule has 4 aromatic rings. The summed E-state index contributed by atoms with van der Waals surface area (Å²) in [6, 6.07) is 16.6. The van der Waals surface area contributed by atoms with Crippen LogP contribution in [0.2, 0.25) is 0 Å². The number of halogens is 1. The summed E-state index contributed by atoms with van der Waals surface area (Å²) in [6.45, 7) is 2.42. The molecular formula is C23H17FN4O4S. The largest absolute Gasteiger partial charge is 0.494 e. The number of aromatic nitrogens is 1. The number of nitro groups is 1. The number of nitro benzene ring substituents is 1. The molecule has 166 valence electrons. The van der Waals surface area contributed by atoms with E-state index in [1.807, 2.05) is 6.92 Å². The van der Waals surface area contributed by atoms with Gasteiger partial charge in [0, 0.05) is 17.7 Å². The molecule has 0 N–H and O–H groups in total. The van der Waals surface area contributed by atoms with Crippen molar-refractivity contribution in [2.24, 2.45) is 5.10 Å². The first-order chi connectivity index (χ1) is 15.9. The van der Waals surface area contributed by atoms with Gasteiger partial charge in [0.15, 0.2) is 0 Å². The van der Waals surface area contributed by atoms with Crippen molar-refractivity contribution in [1.82, 2.24) is 4.98 Å². The van der Waals surface area contributed by atoms with Crippen molar-refractivity contribution in [2.75, 3.05) is 11.6 Å². The number of carbonyl (C=O) groups excluding carboxylic acids is 1. The van der Waals surface area contributed by atoms with Gasteiger partial charge in [-0.15, -0.1) is 0 Å². The van der Waals surface area contributed by atoms with E-state index in [9.17, 15) is 19.3 Å². The van der Waals surface area contributed by atoms with Gasteiger partial charge in [0.1, 0.15) is 11.6 Å². The van der Waals surface area contributed by atoms with E-state index in [-0.39, 0.29) is 16.4 Å². The Kier molecular flexibility index (Phi) is 6.36. The Balaban J connectivity index is 1.73. The van der Waals surface area contributed by atoms with Gasteiger partial charge in [0.05, 0.1) is 28.0 Å². The lowest BCUT2D eigenvalue weighted by atomic mass is 10.2. The Bertz CT molecular complexity index is 1350. The minimum absolute atomic E-state index is 0.0680. The van der Waals surface area contributed by atoms with Crippen LogP contribution in [0.5, 0.6) is 5.75 Å². The molecule has 0 aliphatic heterocycles. The summed E-state index contributed by atoms with van der Waals surface area (Å²) in [6.07, 6.45) is 1.47. The van der Waals surface area contributed by atoms with Crippen molar-refractivity contribution in [1.29, 1.82) is 0 Å². The van der Waals surface area contributed by atoms with Gasteiger partial charge < -0.3 is 4.74 Å². The van der Waals surface area contributed by atoms with Gasteiger partial charge in [-0.25, -0.2) is 9.37 Å². The van der Waals surface area contributed by atoms with Crippen molar-refractivity contribution in [3.05, 3.63) is 93.8 Å². The summed E-state index contributed by atoms with van der Waals surface area (Å²) < 4.78 is 19.6. The molecular weight excluding hydrogens is 447 g/mol. The van der Waals surface area contributed by atoms with Gasteiger partial charge in [-0.05, 0) is 61.0 Å². The fraction of sp³-hybridized carbons (Fsp3) is 0.0870. The first-order valence-corrected chi connectivity index (χ1v) is 10.7. The number of thiazole rings is 1. The molecule has 3 aromatic carbocycles. The van der Waals surface area contributed by atoms with Crippen LogP contribution in [0.1, 0.15) is 22.8 Å². The van der Waals surface area contributed by atoms with Crippen molar-refractivity contribution < 1.29 is 18.8 Å². The van der Waals surface area contributed by atoms with Gasteiger partial charge in [0.2, 0.25) is 5.13 Å². The average Bonchev–Trinajstić information content (AvgIpc) is 3.23. The summed E-state index contributed by atoms with van der Waals surface area (Å²) in [5.74, 6) is -0.333. The molecule has 0 unspecified atom stereocenters. The van der Waals surface area contributed by atoms with Crippen molar-refractivity contribution in [3.63, 3.8) is 0 Å². The van der Waals surface area contributed by atoms with Crippen LogP contribution in [-0.2, 0) is 0 Å². The number of ether oxygens (including phenoxy) is 1. The number of hydrogen-bond acceptors (Lipinski definition) is 7. The van der Waals surface area contributed by atoms with E-state index in [2.05, 4.69) is 10.1 Å². The molecule has 0 radical (unpaired) electrons. The highest BCUT2D eigenvalue weighted by Gasteiger charge is 2.23. The lowest BCUT2D eigenvalue weighted by Crippen LogP contribution is -2.25. The van der Waals surface area contributed by atoms with Crippen LogP contribution < -0.4 is 9.75 Å². The Hall–Kier alpha value is -4.18. The molecule has 0 saturated heterocycles. The summed E-state index contributed by atoms with van der Waals surface area (Å²) in [7, 11) is 0. The number of anilines is 1. The summed E-state index contributed by atoms with van der Waals surface area (Å²) in [4.78, 5) is 28.3. The Morgan fingerprint density at radius 1 is 1.21 bits per heavy atom. The molecule has 4 rings (SSSR count). The number of non-ortho nitro benzene ring substituents is 1. The Labute approximate surface area is 191 Å². The van der Waals surface area contributed by atoms with Gasteiger partial charge >= 0.3 is 0 Å². The van der Waals surface area contributed by atoms with Crippen LogP contribution in [0.25, 0.3) is 10.2 Å². The predicted octanol–water partition coefficient (Wildman–Crippen LogP) is 5.42. The van der Waals surface area contributed by atoms with Crippen LogP contribution in [0.4, 0.5) is 15.2 Å². The normalized spacial score (nSPS) is 11.1. The summed E-state index contributed by atoms with van der Waals surface area (Å²) in [5, 5.41) is 16.7. The first-order valence-electron chi connectivity index (χ1n) is 9.86. The maximum absolute atomic E-state index is 13.6. The van der Waals surface area contributed by atoms with Crippen LogP contribution in [0, 0.1) is 15.9 Å². The number of hydrazone groups is 1. The number of hydrogen-bond donors (Lipinski definition) is 0. The third kappa shape index (κ3) is 5.01. The molecule has 1 amide bonds. The highest BCUT2D eigenvalue weighted by molar-refractivity contribution is 7.22. The zero-order chi connectivity index (χ0) is 23.4. The van der Waals surface area contributed by atoms with Gasteiger partial charge in [-0.2, -0.15) is 10.1 Å². The van der Waals surface area contributed by atoms with E-state index in [1.54, 1.807) is 24.3 Å². The molecule has 8 nitrogen and oxygen atoms in total. The molecule has 10 heteroatoms. The predicted molar refractivity (Wildman–Crippen MR) is 125 cm³/mol. The molecule has 0 atom stereocenters. The van der Waals surface area contributed by atoms with Crippen LogP contribution in [-0.4, -0.2) is 28.6 Å². The fourth-order valence-corrected chi connectivity index (χ4v) is 3.93.